The van der Waals surface area contributed by atoms with Crippen LogP contribution in [-0.2, 0) is 4.79 Å². The summed E-state index contributed by atoms with van der Waals surface area (Å²) >= 11 is 0. The summed E-state index contributed by atoms with van der Waals surface area (Å²) in [4.78, 5) is 18.2. The summed E-state index contributed by atoms with van der Waals surface area (Å²) in [6.07, 6.45) is 14.8. The fourth-order valence-electron chi connectivity index (χ4n) is 7.06. The zero-order valence-electron chi connectivity index (χ0n) is 17.8. The Balaban J connectivity index is 0.00000136. The van der Waals surface area contributed by atoms with E-state index in [4.69, 9.17) is 5.21 Å². The van der Waals surface area contributed by atoms with Crippen molar-refractivity contribution in [2.75, 3.05) is 25.0 Å². The maximum atomic E-state index is 11.1. The summed E-state index contributed by atoms with van der Waals surface area (Å²) in [5.41, 5.74) is 3.03. The summed E-state index contributed by atoms with van der Waals surface area (Å²) in [6, 6.07) is 4.34. The number of nitrogens with zero attached hydrogens (tertiary/aromatic N) is 2. The molecular weight excluding hydrogens is 435 g/mol. The highest BCUT2D eigenvalue weighted by Crippen LogP contribution is 2.60. The zero-order valence-corrected chi connectivity index (χ0v) is 19.5. The molecule has 4 bridgehead atoms. The molecule has 4 aliphatic carbocycles. The maximum Gasteiger partial charge on any atom is 0.267 e. The van der Waals surface area contributed by atoms with Crippen LogP contribution in [0.2, 0.25) is 0 Å². The van der Waals surface area contributed by atoms with Crippen LogP contribution in [0.25, 0.3) is 6.08 Å². The fraction of sp³-hybridized carbons (Fsp3) is 0.652. The molecule has 0 unspecified atom stereocenters. The molecule has 0 spiro atoms. The van der Waals surface area contributed by atoms with E-state index >= 15 is 0 Å². The van der Waals surface area contributed by atoms with Crippen LogP contribution >= 0.6 is 24.8 Å². The number of hydrogen-bond donors (Lipinski definition) is 3. The van der Waals surface area contributed by atoms with Gasteiger partial charge in [-0.05, 0) is 91.9 Å². The average molecular weight is 469 g/mol. The smallest absolute Gasteiger partial charge is 0.267 e. The van der Waals surface area contributed by atoms with Gasteiger partial charge in [0.05, 0.1) is 0 Å². The number of hydroxylamine groups is 1. The number of rotatable bonds is 6. The van der Waals surface area contributed by atoms with Crippen molar-refractivity contribution in [1.82, 2.24) is 15.4 Å². The molecule has 31 heavy (non-hydrogen) atoms. The molecule has 1 aliphatic heterocycles. The van der Waals surface area contributed by atoms with Crippen molar-refractivity contribution in [1.29, 1.82) is 0 Å². The highest BCUT2D eigenvalue weighted by Gasteiger charge is 2.51. The fourth-order valence-corrected chi connectivity index (χ4v) is 7.06. The Hall–Kier alpha value is -1.34. The zero-order chi connectivity index (χ0) is 19.8. The summed E-state index contributed by atoms with van der Waals surface area (Å²) in [7, 11) is 0. The molecule has 1 aromatic heterocycles. The Bertz CT molecular complexity index is 751. The standard InChI is InChI=1S/C23H32N4O2.2ClH/c28-22(26-29)4-2-16-1-3-21(24-13-16)25-20-5-6-27(14-20)15-23-10-17-7-18(11-23)9-19(8-17)12-23;;/h1-4,13,17-20,29H,5-12,14-15H2,(H,24,25)(H,26,28);2*1H/t17?,18?,19?,20-,23?;;/m1../s1. The number of amides is 1. The Morgan fingerprint density at radius 1 is 1.16 bits per heavy atom. The van der Waals surface area contributed by atoms with Gasteiger partial charge in [0.1, 0.15) is 5.82 Å². The molecule has 3 N–H and O–H groups in total. The molecule has 2 heterocycles. The summed E-state index contributed by atoms with van der Waals surface area (Å²) in [6.45, 7) is 3.61. The van der Waals surface area contributed by atoms with E-state index in [1.165, 1.54) is 64.1 Å². The lowest BCUT2D eigenvalue weighted by Crippen LogP contribution is -2.51. The third-order valence-corrected chi connectivity index (χ3v) is 7.67. The van der Waals surface area contributed by atoms with Gasteiger partial charge >= 0.3 is 0 Å². The highest BCUT2D eigenvalue weighted by molar-refractivity contribution is 5.90. The van der Waals surface area contributed by atoms with Crippen molar-refractivity contribution >= 4 is 42.6 Å². The minimum atomic E-state index is -0.544. The topological polar surface area (TPSA) is 77.5 Å². The second-order valence-electron chi connectivity index (χ2n) is 10.1. The summed E-state index contributed by atoms with van der Waals surface area (Å²) in [5.74, 6) is 3.42. The normalized spacial score (nSPS) is 33.7. The monoisotopic (exact) mass is 468 g/mol. The molecule has 1 amide bonds. The number of carbonyl (C=O) groups excluding carboxylic acids is 1. The van der Waals surface area contributed by atoms with Gasteiger partial charge in [0, 0.05) is 37.9 Å². The van der Waals surface area contributed by atoms with Gasteiger partial charge in [-0.1, -0.05) is 0 Å². The number of pyridine rings is 1. The molecule has 5 aliphatic rings. The van der Waals surface area contributed by atoms with Crippen molar-refractivity contribution in [3.05, 3.63) is 30.0 Å². The van der Waals surface area contributed by atoms with Crippen molar-refractivity contribution < 1.29 is 10.0 Å². The van der Waals surface area contributed by atoms with Crippen LogP contribution in [0, 0.1) is 23.2 Å². The number of carbonyl (C=O) groups is 1. The van der Waals surface area contributed by atoms with E-state index in [1.54, 1.807) is 17.8 Å². The van der Waals surface area contributed by atoms with Crippen molar-refractivity contribution in [3.63, 3.8) is 0 Å². The Morgan fingerprint density at radius 2 is 1.84 bits per heavy atom. The molecule has 0 radical (unpaired) electrons. The lowest BCUT2D eigenvalue weighted by Gasteiger charge is -2.57. The van der Waals surface area contributed by atoms with Gasteiger partial charge in [0.2, 0.25) is 0 Å². The van der Waals surface area contributed by atoms with E-state index < -0.39 is 5.91 Å². The number of likely N-dealkylation sites (tertiary alicyclic amines) is 1. The Morgan fingerprint density at radius 3 is 2.42 bits per heavy atom. The molecular formula is C23H34Cl2N4O2. The predicted molar refractivity (Wildman–Crippen MR) is 127 cm³/mol. The van der Waals surface area contributed by atoms with Crippen LogP contribution < -0.4 is 10.8 Å². The largest absolute Gasteiger partial charge is 0.366 e. The lowest BCUT2D eigenvalue weighted by molar-refractivity contribution is -0.124. The first kappa shape index (κ1) is 24.3. The van der Waals surface area contributed by atoms with E-state index in [2.05, 4.69) is 15.2 Å². The molecule has 4 saturated carbocycles. The number of halogens is 2. The SMILES string of the molecule is Cl.Cl.O=C(C=Cc1ccc(N[C@@H]2CCN(CC34CC5CC(CC(C5)C3)C4)C2)nc1)NO. The van der Waals surface area contributed by atoms with Crippen LogP contribution in [0.15, 0.2) is 24.4 Å². The van der Waals surface area contributed by atoms with Gasteiger partial charge in [-0.25, -0.2) is 10.5 Å². The van der Waals surface area contributed by atoms with E-state index in [0.29, 0.717) is 11.5 Å². The average Bonchev–Trinajstić information content (AvgIpc) is 3.12. The van der Waals surface area contributed by atoms with E-state index in [9.17, 15) is 4.79 Å². The molecule has 172 valence electrons. The maximum absolute atomic E-state index is 11.1. The van der Waals surface area contributed by atoms with Gasteiger partial charge in [-0.2, -0.15) is 0 Å². The minimum absolute atomic E-state index is 0. The summed E-state index contributed by atoms with van der Waals surface area (Å²) < 4.78 is 0. The van der Waals surface area contributed by atoms with Crippen LogP contribution in [0.3, 0.4) is 0 Å². The van der Waals surface area contributed by atoms with Gasteiger partial charge in [0.25, 0.3) is 5.91 Å². The molecule has 6 rings (SSSR count). The molecule has 1 aromatic rings. The van der Waals surface area contributed by atoms with E-state index in [1.807, 2.05) is 12.1 Å². The summed E-state index contributed by atoms with van der Waals surface area (Å²) in [5, 5.41) is 12.1. The Labute approximate surface area is 197 Å². The van der Waals surface area contributed by atoms with Gasteiger partial charge in [0.15, 0.2) is 0 Å². The number of nitrogens with one attached hydrogen (secondary N) is 2. The van der Waals surface area contributed by atoms with E-state index in [0.717, 1.165) is 35.7 Å². The second kappa shape index (κ2) is 10.1. The van der Waals surface area contributed by atoms with Gasteiger partial charge in [-0.3, -0.25) is 10.0 Å². The first-order valence-electron chi connectivity index (χ1n) is 11.2. The van der Waals surface area contributed by atoms with Crippen molar-refractivity contribution in [2.24, 2.45) is 23.2 Å². The van der Waals surface area contributed by atoms with Gasteiger partial charge in [-0.15, -0.1) is 24.8 Å². The van der Waals surface area contributed by atoms with Crippen molar-refractivity contribution in [2.45, 2.75) is 51.0 Å². The second-order valence-corrected chi connectivity index (χ2v) is 10.1. The van der Waals surface area contributed by atoms with Crippen molar-refractivity contribution in [3.8, 4) is 0 Å². The third kappa shape index (κ3) is 5.54. The van der Waals surface area contributed by atoms with E-state index in [-0.39, 0.29) is 24.8 Å². The van der Waals surface area contributed by atoms with Crippen LogP contribution in [-0.4, -0.2) is 46.7 Å². The quantitative estimate of drug-likeness (QED) is 0.332. The number of anilines is 1. The third-order valence-electron chi connectivity index (χ3n) is 7.67. The van der Waals surface area contributed by atoms with Crippen LogP contribution in [0.4, 0.5) is 5.82 Å². The number of hydrogen-bond acceptors (Lipinski definition) is 5. The molecule has 1 saturated heterocycles. The molecule has 1 atom stereocenters. The number of aromatic nitrogens is 1. The lowest BCUT2D eigenvalue weighted by atomic mass is 9.49. The molecule has 5 fully saturated rings. The molecule has 6 nitrogen and oxygen atoms in total. The van der Waals surface area contributed by atoms with Crippen LogP contribution in [0.5, 0.6) is 0 Å². The minimum Gasteiger partial charge on any atom is -0.366 e. The van der Waals surface area contributed by atoms with Crippen LogP contribution in [0.1, 0.15) is 50.5 Å². The molecule has 8 heteroatoms. The Kier molecular flexibility index (Phi) is 7.90. The first-order chi connectivity index (χ1) is 14.1. The predicted octanol–water partition coefficient (Wildman–Crippen LogP) is 4.15. The first-order valence-corrected chi connectivity index (χ1v) is 11.2. The van der Waals surface area contributed by atoms with Gasteiger partial charge < -0.3 is 10.2 Å². The molecule has 0 aromatic carbocycles. The highest BCUT2D eigenvalue weighted by atomic mass is 35.5.